The van der Waals surface area contributed by atoms with E-state index in [1.807, 2.05) is 0 Å². The Balaban J connectivity index is 2.10. The van der Waals surface area contributed by atoms with Gasteiger partial charge in [-0.25, -0.2) is 4.39 Å². The molecule has 19 heavy (non-hydrogen) atoms. The van der Waals surface area contributed by atoms with Crippen LogP contribution in [-0.2, 0) is 4.79 Å². The predicted octanol–water partition coefficient (Wildman–Crippen LogP) is 3.26. The van der Waals surface area contributed by atoms with Crippen molar-refractivity contribution in [3.05, 3.63) is 64.4 Å². The van der Waals surface area contributed by atoms with Gasteiger partial charge in [-0.15, -0.1) is 0 Å². The number of halogens is 2. The Labute approximate surface area is 118 Å². The van der Waals surface area contributed by atoms with E-state index in [-0.39, 0.29) is 4.47 Å². The van der Waals surface area contributed by atoms with E-state index in [1.54, 1.807) is 30.3 Å². The number of hydrogen-bond donors (Lipinski definition) is 2. The first-order valence-corrected chi connectivity index (χ1v) is 6.36. The van der Waals surface area contributed by atoms with Crippen LogP contribution in [0.2, 0.25) is 0 Å². The lowest BCUT2D eigenvalue weighted by atomic mass is 10.1. The molecule has 2 N–H and O–H groups in total. The number of aliphatic hydroxyl groups is 1. The molecule has 2 aromatic rings. The van der Waals surface area contributed by atoms with Crippen LogP contribution < -0.4 is 5.32 Å². The normalized spacial score (nSPS) is 11.9. The molecule has 0 saturated carbocycles. The van der Waals surface area contributed by atoms with E-state index in [0.717, 1.165) is 0 Å². The molecule has 0 aromatic heterocycles. The lowest BCUT2D eigenvalue weighted by Crippen LogP contribution is -2.20. The number of carbonyl (C=O) groups excluding carboxylic acids is 1. The highest BCUT2D eigenvalue weighted by Gasteiger charge is 2.17. The third-order valence-corrected chi connectivity index (χ3v) is 3.16. The number of hydrogen-bond acceptors (Lipinski definition) is 2. The lowest BCUT2D eigenvalue weighted by molar-refractivity contribution is -0.124. The fourth-order valence-corrected chi connectivity index (χ4v) is 1.95. The van der Waals surface area contributed by atoms with E-state index >= 15 is 0 Å². The molecule has 0 saturated heterocycles. The SMILES string of the molecule is O=C(Nc1ccc(F)c(Br)c1)C(O)c1ccccc1. The second kappa shape index (κ2) is 5.95. The summed E-state index contributed by atoms with van der Waals surface area (Å²) in [5.74, 6) is -0.980. The number of nitrogens with one attached hydrogen (secondary N) is 1. The molecular formula is C14H11BrFNO2. The van der Waals surface area contributed by atoms with Gasteiger partial charge in [-0.1, -0.05) is 30.3 Å². The van der Waals surface area contributed by atoms with Crippen LogP contribution in [0.4, 0.5) is 10.1 Å². The van der Waals surface area contributed by atoms with Crippen molar-refractivity contribution in [3.63, 3.8) is 0 Å². The molecule has 3 nitrogen and oxygen atoms in total. The average Bonchev–Trinajstić information content (AvgIpc) is 2.43. The van der Waals surface area contributed by atoms with Crippen LogP contribution in [0.15, 0.2) is 53.0 Å². The molecule has 0 radical (unpaired) electrons. The van der Waals surface area contributed by atoms with Crippen LogP contribution >= 0.6 is 15.9 Å². The summed E-state index contributed by atoms with van der Waals surface area (Å²) in [5.41, 5.74) is 0.912. The minimum absolute atomic E-state index is 0.250. The second-order valence-corrected chi connectivity index (χ2v) is 4.79. The van der Waals surface area contributed by atoms with E-state index in [4.69, 9.17) is 0 Å². The van der Waals surface area contributed by atoms with Gasteiger partial charge in [0, 0.05) is 5.69 Å². The van der Waals surface area contributed by atoms with E-state index in [0.29, 0.717) is 11.3 Å². The topological polar surface area (TPSA) is 49.3 Å². The molecule has 1 unspecified atom stereocenters. The van der Waals surface area contributed by atoms with Gasteiger partial charge in [0.15, 0.2) is 6.10 Å². The maximum Gasteiger partial charge on any atom is 0.257 e. The largest absolute Gasteiger partial charge is 0.378 e. The molecule has 1 atom stereocenters. The second-order valence-electron chi connectivity index (χ2n) is 3.93. The number of amides is 1. The average molecular weight is 324 g/mol. The van der Waals surface area contributed by atoms with Gasteiger partial charge < -0.3 is 10.4 Å². The van der Waals surface area contributed by atoms with Crippen LogP contribution in [0.25, 0.3) is 0 Å². The summed E-state index contributed by atoms with van der Waals surface area (Å²) in [6, 6.07) is 12.7. The molecule has 0 aliphatic carbocycles. The highest BCUT2D eigenvalue weighted by Crippen LogP contribution is 2.21. The van der Waals surface area contributed by atoms with E-state index in [1.165, 1.54) is 18.2 Å². The van der Waals surface area contributed by atoms with Crippen LogP contribution in [0.3, 0.4) is 0 Å². The number of benzene rings is 2. The van der Waals surface area contributed by atoms with Crippen molar-refractivity contribution in [1.29, 1.82) is 0 Å². The first-order chi connectivity index (χ1) is 9.08. The minimum atomic E-state index is -1.26. The molecule has 2 rings (SSSR count). The van der Waals surface area contributed by atoms with Crippen molar-refractivity contribution >= 4 is 27.5 Å². The molecule has 98 valence electrons. The Kier molecular flexibility index (Phi) is 4.29. The fourth-order valence-electron chi connectivity index (χ4n) is 1.57. The monoisotopic (exact) mass is 323 g/mol. The molecule has 5 heteroatoms. The zero-order valence-corrected chi connectivity index (χ0v) is 11.4. The molecule has 0 aliphatic heterocycles. The smallest absolute Gasteiger partial charge is 0.257 e. The van der Waals surface area contributed by atoms with Crippen molar-refractivity contribution in [2.45, 2.75) is 6.10 Å². The fraction of sp³-hybridized carbons (Fsp3) is 0.0714. The number of anilines is 1. The molecule has 0 heterocycles. The first kappa shape index (κ1) is 13.7. The summed E-state index contributed by atoms with van der Waals surface area (Å²) in [7, 11) is 0. The molecule has 0 aliphatic rings. The van der Waals surface area contributed by atoms with Crippen LogP contribution in [0.1, 0.15) is 11.7 Å². The molecular weight excluding hydrogens is 313 g/mol. The van der Waals surface area contributed by atoms with Crippen LogP contribution in [-0.4, -0.2) is 11.0 Å². The summed E-state index contributed by atoms with van der Waals surface area (Å²) in [6.45, 7) is 0. The Morgan fingerprint density at radius 2 is 1.89 bits per heavy atom. The Bertz CT molecular complexity index is 589. The molecule has 0 spiro atoms. The summed E-state index contributed by atoms with van der Waals surface area (Å²) in [5, 5.41) is 12.4. The highest BCUT2D eigenvalue weighted by molar-refractivity contribution is 9.10. The zero-order chi connectivity index (χ0) is 13.8. The molecule has 0 bridgehead atoms. The van der Waals surface area contributed by atoms with Gasteiger partial charge in [0.05, 0.1) is 4.47 Å². The number of rotatable bonds is 3. The quantitative estimate of drug-likeness (QED) is 0.910. The Hall–Kier alpha value is -1.72. The van der Waals surface area contributed by atoms with E-state index < -0.39 is 17.8 Å². The van der Waals surface area contributed by atoms with Gasteiger partial charge in [0.25, 0.3) is 5.91 Å². The van der Waals surface area contributed by atoms with Crippen molar-refractivity contribution in [1.82, 2.24) is 0 Å². The van der Waals surface area contributed by atoms with Gasteiger partial charge in [0.2, 0.25) is 0 Å². The minimum Gasteiger partial charge on any atom is -0.378 e. The zero-order valence-electron chi connectivity index (χ0n) is 9.81. The van der Waals surface area contributed by atoms with Crippen LogP contribution in [0.5, 0.6) is 0 Å². The summed E-state index contributed by atoms with van der Waals surface area (Å²) < 4.78 is 13.3. The lowest BCUT2D eigenvalue weighted by Gasteiger charge is -2.12. The predicted molar refractivity (Wildman–Crippen MR) is 74.1 cm³/mol. The van der Waals surface area contributed by atoms with Gasteiger partial charge in [0.1, 0.15) is 5.82 Å². The molecule has 1 amide bonds. The Morgan fingerprint density at radius 1 is 1.21 bits per heavy atom. The van der Waals surface area contributed by atoms with E-state index in [2.05, 4.69) is 21.2 Å². The van der Waals surface area contributed by atoms with Gasteiger partial charge in [-0.3, -0.25) is 4.79 Å². The third kappa shape index (κ3) is 3.39. The van der Waals surface area contributed by atoms with Gasteiger partial charge >= 0.3 is 0 Å². The maximum atomic E-state index is 13.1. The number of carbonyl (C=O) groups is 1. The summed E-state index contributed by atoms with van der Waals surface area (Å²) >= 11 is 3.03. The maximum absolute atomic E-state index is 13.1. The van der Waals surface area contributed by atoms with Crippen molar-refractivity contribution in [2.24, 2.45) is 0 Å². The summed E-state index contributed by atoms with van der Waals surface area (Å²) in [6.07, 6.45) is -1.26. The Morgan fingerprint density at radius 3 is 2.53 bits per heavy atom. The third-order valence-electron chi connectivity index (χ3n) is 2.55. The first-order valence-electron chi connectivity index (χ1n) is 5.57. The van der Waals surface area contributed by atoms with Gasteiger partial charge in [-0.2, -0.15) is 0 Å². The standard InChI is InChI=1S/C14H11BrFNO2/c15-11-8-10(6-7-12(11)16)17-14(19)13(18)9-4-2-1-3-5-9/h1-8,13,18H,(H,17,19). The highest BCUT2D eigenvalue weighted by atomic mass is 79.9. The van der Waals surface area contributed by atoms with Crippen molar-refractivity contribution < 1.29 is 14.3 Å². The van der Waals surface area contributed by atoms with Gasteiger partial charge in [-0.05, 0) is 39.7 Å². The number of aliphatic hydroxyl groups excluding tert-OH is 1. The van der Waals surface area contributed by atoms with E-state index in [9.17, 15) is 14.3 Å². The summed E-state index contributed by atoms with van der Waals surface area (Å²) in [4.78, 5) is 11.8. The van der Waals surface area contributed by atoms with Crippen LogP contribution in [0, 0.1) is 5.82 Å². The molecule has 0 fully saturated rings. The van der Waals surface area contributed by atoms with Crippen molar-refractivity contribution in [3.8, 4) is 0 Å². The molecule has 2 aromatic carbocycles. The van der Waals surface area contributed by atoms with Crippen molar-refractivity contribution in [2.75, 3.05) is 5.32 Å².